The summed E-state index contributed by atoms with van der Waals surface area (Å²) in [6, 6.07) is 0. The van der Waals surface area contributed by atoms with Gasteiger partial charge in [0.15, 0.2) is 0 Å². The molecule has 2 aliphatic carbocycles. The molecule has 17 heavy (non-hydrogen) atoms. The summed E-state index contributed by atoms with van der Waals surface area (Å²) in [5, 5.41) is 3.78. The first-order chi connectivity index (χ1) is 7.71. The van der Waals surface area contributed by atoms with Gasteiger partial charge in [0.2, 0.25) is 0 Å². The third-order valence-electron chi connectivity index (χ3n) is 5.75. The van der Waals surface area contributed by atoms with Gasteiger partial charge in [-0.2, -0.15) is 0 Å². The minimum Gasteiger partial charge on any atom is -0.303 e. The van der Waals surface area contributed by atoms with Crippen molar-refractivity contribution in [1.82, 2.24) is 5.32 Å². The topological polar surface area (TPSA) is 21.9 Å². The van der Waals surface area contributed by atoms with Gasteiger partial charge in [0.1, 0.15) is 0 Å². The van der Waals surface area contributed by atoms with Gasteiger partial charge >= 0.3 is 0 Å². The summed E-state index contributed by atoms with van der Waals surface area (Å²) in [6.45, 7) is 12.0. The van der Waals surface area contributed by atoms with Gasteiger partial charge in [-0.1, -0.05) is 20.8 Å². The zero-order chi connectivity index (χ0) is 12.5. The van der Waals surface area contributed by atoms with Crippen molar-refractivity contribution in [3.8, 4) is 0 Å². The molecule has 3 rings (SSSR count). The summed E-state index contributed by atoms with van der Waals surface area (Å²) in [4.78, 5) is 0. The number of rotatable bonds is 1. The summed E-state index contributed by atoms with van der Waals surface area (Å²) < 4.78 is 0. The smallest absolute Gasteiger partial charge is 0.0369 e. The van der Waals surface area contributed by atoms with Crippen molar-refractivity contribution < 1.29 is 0 Å². The van der Waals surface area contributed by atoms with Crippen molar-refractivity contribution >= 4 is 0 Å². The highest BCUT2D eigenvalue weighted by atomic mass is 15.3. The van der Waals surface area contributed by atoms with Crippen LogP contribution in [0, 0.1) is 23.2 Å². The molecule has 0 bridgehead atoms. The first-order valence-corrected chi connectivity index (χ1v) is 7.50. The predicted octanol–water partition coefficient (Wildman–Crippen LogP) is 3.98. The number of nitrogens with one attached hydrogen (secondary N) is 1. The van der Waals surface area contributed by atoms with Crippen LogP contribution in [0.25, 0.3) is 0 Å². The molecule has 1 nitrogen and oxygen atoms in total. The van der Waals surface area contributed by atoms with E-state index < -0.39 is 0 Å². The van der Waals surface area contributed by atoms with E-state index in [1.807, 2.05) is 0 Å². The highest BCUT2D eigenvalue weighted by Crippen LogP contribution is 2.60. The van der Waals surface area contributed by atoms with Crippen LogP contribution in [0.5, 0.6) is 0 Å². The Morgan fingerprint density at radius 1 is 1.06 bits per heavy atom. The SMILES string of the molecule is CC(C)(C)CC1CC2CC3(CC2C1)NC3(C)C. The molecule has 0 aromatic heterocycles. The molecule has 1 heterocycles. The van der Waals surface area contributed by atoms with E-state index in [0.29, 0.717) is 16.5 Å². The van der Waals surface area contributed by atoms with E-state index in [2.05, 4.69) is 39.9 Å². The largest absolute Gasteiger partial charge is 0.303 e. The second kappa shape index (κ2) is 3.29. The third-order valence-corrected chi connectivity index (χ3v) is 5.75. The molecule has 1 aliphatic heterocycles. The first-order valence-electron chi connectivity index (χ1n) is 7.50. The van der Waals surface area contributed by atoms with Crippen molar-refractivity contribution in [2.45, 2.75) is 77.8 Å². The van der Waals surface area contributed by atoms with Crippen molar-refractivity contribution in [2.75, 3.05) is 0 Å². The van der Waals surface area contributed by atoms with Crippen molar-refractivity contribution in [3.05, 3.63) is 0 Å². The highest BCUT2D eigenvalue weighted by Gasteiger charge is 2.66. The Balaban J connectivity index is 1.59. The van der Waals surface area contributed by atoms with Crippen LogP contribution in [0.4, 0.5) is 0 Å². The average Bonchev–Trinajstić information content (AvgIpc) is 2.38. The molecule has 3 aliphatic rings. The molecule has 2 atom stereocenters. The summed E-state index contributed by atoms with van der Waals surface area (Å²) in [6.07, 6.45) is 7.39. The monoisotopic (exact) mass is 235 g/mol. The second-order valence-corrected chi connectivity index (χ2v) is 8.86. The zero-order valence-electron chi connectivity index (χ0n) is 12.3. The minimum atomic E-state index is 0.441. The molecule has 0 amide bonds. The Morgan fingerprint density at radius 3 is 1.88 bits per heavy atom. The molecule has 3 fully saturated rings. The van der Waals surface area contributed by atoms with E-state index >= 15 is 0 Å². The van der Waals surface area contributed by atoms with E-state index in [4.69, 9.17) is 0 Å². The molecule has 0 aromatic rings. The van der Waals surface area contributed by atoms with Crippen LogP contribution >= 0.6 is 0 Å². The minimum absolute atomic E-state index is 0.441. The fourth-order valence-corrected chi connectivity index (χ4v) is 5.03. The molecule has 2 saturated carbocycles. The molecule has 1 spiro atoms. The van der Waals surface area contributed by atoms with E-state index in [9.17, 15) is 0 Å². The normalized spacial score (nSPS) is 47.5. The van der Waals surface area contributed by atoms with E-state index in [1.165, 1.54) is 32.1 Å². The molecular formula is C16H29N. The van der Waals surface area contributed by atoms with Crippen LogP contribution in [-0.4, -0.2) is 11.1 Å². The van der Waals surface area contributed by atoms with Gasteiger partial charge in [0, 0.05) is 11.1 Å². The summed E-state index contributed by atoms with van der Waals surface area (Å²) >= 11 is 0. The van der Waals surface area contributed by atoms with Crippen LogP contribution in [0.2, 0.25) is 0 Å². The lowest BCUT2D eigenvalue weighted by atomic mass is 9.81. The molecule has 1 saturated heterocycles. The van der Waals surface area contributed by atoms with Crippen molar-refractivity contribution in [2.24, 2.45) is 23.2 Å². The Labute approximate surface area is 107 Å². The number of hydrogen-bond donors (Lipinski definition) is 1. The molecule has 0 aromatic carbocycles. The lowest BCUT2D eigenvalue weighted by molar-refractivity contribution is 0.282. The van der Waals surface area contributed by atoms with E-state index in [1.54, 1.807) is 0 Å². The first kappa shape index (κ1) is 12.0. The molecule has 98 valence electrons. The van der Waals surface area contributed by atoms with Crippen LogP contribution in [-0.2, 0) is 0 Å². The zero-order valence-corrected chi connectivity index (χ0v) is 12.3. The second-order valence-electron chi connectivity index (χ2n) is 8.86. The average molecular weight is 235 g/mol. The Morgan fingerprint density at radius 2 is 1.53 bits per heavy atom. The Bertz CT molecular complexity index is 309. The maximum absolute atomic E-state index is 3.78. The fraction of sp³-hybridized carbons (Fsp3) is 1.00. The van der Waals surface area contributed by atoms with Gasteiger partial charge < -0.3 is 5.32 Å². The van der Waals surface area contributed by atoms with Crippen LogP contribution in [0.15, 0.2) is 0 Å². The molecule has 1 heteroatoms. The van der Waals surface area contributed by atoms with Gasteiger partial charge in [0.05, 0.1) is 0 Å². The van der Waals surface area contributed by atoms with Crippen LogP contribution < -0.4 is 5.32 Å². The number of fused-ring (bicyclic) bond motifs is 1. The quantitative estimate of drug-likeness (QED) is 0.682. The van der Waals surface area contributed by atoms with Crippen LogP contribution in [0.1, 0.15) is 66.7 Å². The summed E-state index contributed by atoms with van der Waals surface area (Å²) in [5.74, 6) is 3.09. The molecule has 1 N–H and O–H groups in total. The van der Waals surface area contributed by atoms with Gasteiger partial charge in [-0.3, -0.25) is 0 Å². The Kier molecular flexibility index (Phi) is 2.32. The van der Waals surface area contributed by atoms with Crippen molar-refractivity contribution in [1.29, 1.82) is 0 Å². The standard InChI is InChI=1S/C16H29N/c1-14(2,3)8-11-6-12-9-16(10-13(12)7-11)15(4,5)17-16/h11-13,17H,6-10H2,1-5H3. The van der Waals surface area contributed by atoms with Gasteiger partial charge in [0.25, 0.3) is 0 Å². The third kappa shape index (κ3) is 1.95. The molecule has 2 unspecified atom stereocenters. The maximum Gasteiger partial charge on any atom is 0.0369 e. The van der Waals surface area contributed by atoms with Gasteiger partial charge in [-0.25, -0.2) is 0 Å². The highest BCUT2D eigenvalue weighted by molar-refractivity contribution is 5.26. The fourth-order valence-electron chi connectivity index (χ4n) is 5.03. The lowest BCUT2D eigenvalue weighted by Gasteiger charge is -2.24. The van der Waals surface area contributed by atoms with Gasteiger partial charge in [-0.15, -0.1) is 0 Å². The predicted molar refractivity (Wildman–Crippen MR) is 73.0 cm³/mol. The van der Waals surface area contributed by atoms with Crippen molar-refractivity contribution in [3.63, 3.8) is 0 Å². The Hall–Kier alpha value is -0.0400. The van der Waals surface area contributed by atoms with Gasteiger partial charge in [-0.05, 0) is 69.1 Å². The maximum atomic E-state index is 3.78. The lowest BCUT2D eigenvalue weighted by Crippen LogP contribution is -2.19. The summed E-state index contributed by atoms with van der Waals surface area (Å²) in [5.41, 5.74) is 1.52. The van der Waals surface area contributed by atoms with E-state index in [0.717, 1.165) is 17.8 Å². The van der Waals surface area contributed by atoms with E-state index in [-0.39, 0.29) is 0 Å². The summed E-state index contributed by atoms with van der Waals surface area (Å²) in [7, 11) is 0. The molecule has 0 radical (unpaired) electrons. The number of hydrogen-bond acceptors (Lipinski definition) is 1. The van der Waals surface area contributed by atoms with Crippen LogP contribution in [0.3, 0.4) is 0 Å². The molecular weight excluding hydrogens is 206 g/mol.